The molecule has 1 aromatic heterocycles. The Kier molecular flexibility index (Phi) is 4.94. The molecule has 3 rings (SSSR count). The lowest BCUT2D eigenvalue weighted by molar-refractivity contribution is 0.397. The van der Waals surface area contributed by atoms with Gasteiger partial charge in [-0.1, -0.05) is 29.8 Å². The monoisotopic (exact) mass is 375 g/mol. The lowest BCUT2D eigenvalue weighted by atomic mass is 10.2. The number of halogens is 1. The van der Waals surface area contributed by atoms with Crippen LogP contribution in [0.15, 0.2) is 59.5 Å². The van der Waals surface area contributed by atoms with Crippen LogP contribution in [0.1, 0.15) is 5.69 Å². The average molecular weight is 376 g/mol. The van der Waals surface area contributed by atoms with E-state index in [0.29, 0.717) is 22.8 Å². The SMILES string of the molecule is CN(C)Cc1ccc2cccc(NS(=O)(=O)c3ccc(Cl)cc3)c2n1. The van der Waals surface area contributed by atoms with Crippen molar-refractivity contribution in [1.82, 2.24) is 9.88 Å². The maximum absolute atomic E-state index is 12.6. The predicted molar refractivity (Wildman–Crippen MR) is 101 cm³/mol. The first-order valence-electron chi connectivity index (χ1n) is 7.67. The quantitative estimate of drug-likeness (QED) is 0.737. The number of nitrogens with zero attached hydrogens (tertiary/aromatic N) is 2. The Morgan fingerprint density at radius 3 is 2.44 bits per heavy atom. The van der Waals surface area contributed by atoms with Crippen LogP contribution in [-0.4, -0.2) is 32.4 Å². The van der Waals surface area contributed by atoms with E-state index in [4.69, 9.17) is 11.6 Å². The number of sulfonamides is 1. The van der Waals surface area contributed by atoms with E-state index in [0.717, 1.165) is 11.1 Å². The fourth-order valence-electron chi connectivity index (χ4n) is 2.50. The first kappa shape index (κ1) is 17.7. The second kappa shape index (κ2) is 7.00. The molecule has 0 aliphatic heterocycles. The minimum absolute atomic E-state index is 0.151. The van der Waals surface area contributed by atoms with Crippen LogP contribution in [0.3, 0.4) is 0 Å². The van der Waals surface area contributed by atoms with E-state index in [-0.39, 0.29) is 4.90 Å². The lowest BCUT2D eigenvalue weighted by Crippen LogP contribution is -2.14. The van der Waals surface area contributed by atoms with Crippen molar-refractivity contribution >= 4 is 38.2 Å². The van der Waals surface area contributed by atoms with Gasteiger partial charge >= 0.3 is 0 Å². The summed E-state index contributed by atoms with van der Waals surface area (Å²) in [6.07, 6.45) is 0. The van der Waals surface area contributed by atoms with Crippen molar-refractivity contribution in [3.63, 3.8) is 0 Å². The van der Waals surface area contributed by atoms with E-state index >= 15 is 0 Å². The number of aromatic nitrogens is 1. The number of hydrogen-bond donors (Lipinski definition) is 1. The topological polar surface area (TPSA) is 62.3 Å². The summed E-state index contributed by atoms with van der Waals surface area (Å²) in [4.78, 5) is 6.78. The molecule has 0 fully saturated rings. The Morgan fingerprint density at radius 2 is 1.76 bits per heavy atom. The smallest absolute Gasteiger partial charge is 0.261 e. The number of nitrogens with one attached hydrogen (secondary N) is 1. The van der Waals surface area contributed by atoms with Crippen LogP contribution in [0.5, 0.6) is 0 Å². The molecule has 130 valence electrons. The standard InChI is InChI=1S/C18H18ClN3O2S/c1-22(2)12-15-9-6-13-4-3-5-17(18(13)20-15)21-25(23,24)16-10-7-14(19)8-11-16/h3-11,21H,12H2,1-2H3. The zero-order chi connectivity index (χ0) is 18.0. The maximum Gasteiger partial charge on any atom is 0.261 e. The molecule has 1 N–H and O–H groups in total. The van der Waals surface area contributed by atoms with Gasteiger partial charge in [-0.05, 0) is 50.5 Å². The third-order valence-electron chi connectivity index (χ3n) is 3.62. The van der Waals surface area contributed by atoms with E-state index in [1.165, 1.54) is 12.1 Å². The Morgan fingerprint density at radius 1 is 1.04 bits per heavy atom. The zero-order valence-corrected chi connectivity index (χ0v) is 15.5. The summed E-state index contributed by atoms with van der Waals surface area (Å²) < 4.78 is 27.9. The molecular formula is C18H18ClN3O2S. The van der Waals surface area contributed by atoms with Gasteiger partial charge in [-0.25, -0.2) is 13.4 Å². The van der Waals surface area contributed by atoms with Gasteiger partial charge in [-0.3, -0.25) is 4.72 Å². The van der Waals surface area contributed by atoms with Crippen LogP contribution in [0.2, 0.25) is 5.02 Å². The van der Waals surface area contributed by atoms with Gasteiger partial charge < -0.3 is 4.90 Å². The molecule has 0 aliphatic rings. The molecule has 0 aliphatic carbocycles. The van der Waals surface area contributed by atoms with Crippen LogP contribution >= 0.6 is 11.6 Å². The predicted octanol–water partition coefficient (Wildman–Crippen LogP) is 3.75. The number of benzene rings is 2. The summed E-state index contributed by atoms with van der Waals surface area (Å²) in [6, 6.07) is 15.3. The highest BCUT2D eigenvalue weighted by molar-refractivity contribution is 7.92. The zero-order valence-electron chi connectivity index (χ0n) is 13.9. The third-order valence-corrected chi connectivity index (χ3v) is 5.26. The van der Waals surface area contributed by atoms with Crippen molar-refractivity contribution in [3.05, 3.63) is 65.3 Å². The molecule has 0 saturated heterocycles. The molecule has 0 amide bonds. The Balaban J connectivity index is 2.01. The molecule has 0 atom stereocenters. The molecule has 0 bridgehead atoms. The number of para-hydroxylation sites is 1. The van der Waals surface area contributed by atoms with Crippen LogP contribution in [0.25, 0.3) is 10.9 Å². The van der Waals surface area contributed by atoms with Crippen molar-refractivity contribution in [2.45, 2.75) is 11.4 Å². The van der Waals surface area contributed by atoms with E-state index in [1.54, 1.807) is 24.3 Å². The normalized spacial score (nSPS) is 11.8. The summed E-state index contributed by atoms with van der Waals surface area (Å²) in [6.45, 7) is 0.675. The second-order valence-corrected chi connectivity index (χ2v) is 8.10. The van der Waals surface area contributed by atoms with Gasteiger partial charge in [0.1, 0.15) is 0 Å². The molecule has 0 radical (unpaired) electrons. The van der Waals surface area contributed by atoms with Crippen LogP contribution < -0.4 is 4.72 Å². The minimum atomic E-state index is -3.72. The number of pyridine rings is 1. The van der Waals surface area contributed by atoms with Crippen molar-refractivity contribution in [3.8, 4) is 0 Å². The molecule has 25 heavy (non-hydrogen) atoms. The first-order chi connectivity index (χ1) is 11.8. The number of hydrogen-bond acceptors (Lipinski definition) is 4. The molecular weight excluding hydrogens is 358 g/mol. The highest BCUT2D eigenvalue weighted by atomic mass is 35.5. The molecule has 0 saturated carbocycles. The van der Waals surface area contributed by atoms with Gasteiger partial charge in [-0.2, -0.15) is 0 Å². The van der Waals surface area contributed by atoms with Gasteiger partial charge in [0.2, 0.25) is 0 Å². The van der Waals surface area contributed by atoms with Crippen molar-refractivity contribution < 1.29 is 8.42 Å². The highest BCUT2D eigenvalue weighted by Crippen LogP contribution is 2.25. The fourth-order valence-corrected chi connectivity index (χ4v) is 3.69. The molecule has 5 nitrogen and oxygen atoms in total. The van der Waals surface area contributed by atoms with Gasteiger partial charge in [0, 0.05) is 17.0 Å². The molecule has 3 aromatic rings. The summed E-state index contributed by atoms with van der Waals surface area (Å²) in [5.74, 6) is 0. The van der Waals surface area contributed by atoms with Crippen LogP contribution in [-0.2, 0) is 16.6 Å². The Bertz CT molecular complexity index is 1000. The number of anilines is 1. The molecule has 2 aromatic carbocycles. The van der Waals surface area contributed by atoms with E-state index in [9.17, 15) is 8.42 Å². The summed E-state index contributed by atoms with van der Waals surface area (Å²) >= 11 is 5.83. The number of rotatable bonds is 5. The molecule has 7 heteroatoms. The highest BCUT2D eigenvalue weighted by Gasteiger charge is 2.16. The molecule has 0 spiro atoms. The average Bonchev–Trinajstić information content (AvgIpc) is 2.55. The van der Waals surface area contributed by atoms with Crippen molar-refractivity contribution in [2.75, 3.05) is 18.8 Å². The summed E-state index contributed by atoms with van der Waals surface area (Å²) in [7, 11) is 0.202. The van der Waals surface area contributed by atoms with E-state index in [2.05, 4.69) is 9.71 Å². The third kappa shape index (κ3) is 4.10. The molecule has 0 unspecified atom stereocenters. The largest absolute Gasteiger partial charge is 0.304 e. The summed E-state index contributed by atoms with van der Waals surface area (Å²) in [5.41, 5.74) is 1.95. The van der Waals surface area contributed by atoms with Crippen molar-refractivity contribution in [2.24, 2.45) is 0 Å². The minimum Gasteiger partial charge on any atom is -0.304 e. The van der Waals surface area contributed by atoms with Crippen LogP contribution in [0.4, 0.5) is 5.69 Å². The van der Waals surface area contributed by atoms with E-state index in [1.807, 2.05) is 37.2 Å². The fraction of sp³-hybridized carbons (Fsp3) is 0.167. The summed E-state index contributed by atoms with van der Waals surface area (Å²) in [5, 5.41) is 1.36. The van der Waals surface area contributed by atoms with Gasteiger partial charge in [0.25, 0.3) is 10.0 Å². The van der Waals surface area contributed by atoms with Gasteiger partial charge in [0.05, 0.1) is 21.8 Å². The Labute approximate surface area is 152 Å². The molecule has 1 heterocycles. The second-order valence-electron chi connectivity index (χ2n) is 5.98. The van der Waals surface area contributed by atoms with Crippen molar-refractivity contribution in [1.29, 1.82) is 0 Å². The van der Waals surface area contributed by atoms with Crippen LogP contribution in [0, 0.1) is 0 Å². The van der Waals surface area contributed by atoms with Gasteiger partial charge in [0.15, 0.2) is 0 Å². The lowest BCUT2D eigenvalue weighted by Gasteiger charge is -2.13. The van der Waals surface area contributed by atoms with E-state index < -0.39 is 10.0 Å². The first-order valence-corrected chi connectivity index (χ1v) is 9.53. The Hall–Kier alpha value is -2.15. The number of fused-ring (bicyclic) bond motifs is 1. The van der Waals surface area contributed by atoms with Gasteiger partial charge in [-0.15, -0.1) is 0 Å². The maximum atomic E-state index is 12.6.